The maximum absolute atomic E-state index is 15.2. The summed E-state index contributed by atoms with van der Waals surface area (Å²) in [6.45, 7) is 7.04. The van der Waals surface area contributed by atoms with Gasteiger partial charge in [0.15, 0.2) is 11.6 Å². The third kappa shape index (κ3) is 5.25. The number of carboxylic acids is 1. The number of aromatic carboxylic acids is 1. The summed E-state index contributed by atoms with van der Waals surface area (Å²) in [5.41, 5.74) is -1.68. The van der Waals surface area contributed by atoms with E-state index in [0.29, 0.717) is 6.42 Å². The van der Waals surface area contributed by atoms with Crippen molar-refractivity contribution in [2.45, 2.75) is 83.6 Å². The van der Waals surface area contributed by atoms with Gasteiger partial charge in [-0.1, -0.05) is 19.1 Å². The lowest BCUT2D eigenvalue weighted by atomic mass is 10.0. The Morgan fingerprint density at radius 1 is 1.24 bits per heavy atom. The standard InChI is InChI=1S/C27H32F2N2O6/c1-5-20-21(25(34)35)24(33)18-12-19(28)22(29)17(23(18)31(20)14-9-10-14)8-6-7-15-11-16(32)13-30(15)26(36)37-27(2,3)4/h6,8,12,14-16,32H,5,7,9-11,13H2,1-4H3,(H,34,35)/t15-,16-/m1/s1. The van der Waals surface area contributed by atoms with E-state index in [1.807, 2.05) is 0 Å². The lowest BCUT2D eigenvalue weighted by Gasteiger charge is -2.28. The summed E-state index contributed by atoms with van der Waals surface area (Å²) < 4.78 is 37.0. The van der Waals surface area contributed by atoms with Crippen LogP contribution in [0.1, 0.15) is 81.0 Å². The van der Waals surface area contributed by atoms with Crippen molar-refractivity contribution in [2.24, 2.45) is 0 Å². The smallest absolute Gasteiger partial charge is 0.410 e. The van der Waals surface area contributed by atoms with Gasteiger partial charge in [0.25, 0.3) is 0 Å². The average molecular weight is 519 g/mol. The molecule has 4 rings (SSSR count). The number of benzene rings is 1. The molecule has 10 heteroatoms. The Balaban J connectivity index is 1.78. The van der Waals surface area contributed by atoms with Crippen LogP contribution in [0.5, 0.6) is 0 Å². The van der Waals surface area contributed by atoms with Gasteiger partial charge in [0.1, 0.15) is 11.2 Å². The predicted molar refractivity (Wildman–Crippen MR) is 134 cm³/mol. The first-order valence-corrected chi connectivity index (χ1v) is 12.5. The second-order valence-corrected chi connectivity index (χ2v) is 10.7. The Labute approximate surface area is 213 Å². The quantitative estimate of drug-likeness (QED) is 0.576. The average Bonchev–Trinajstić information content (AvgIpc) is 3.56. The Hall–Kier alpha value is -3.27. The Morgan fingerprint density at radius 3 is 2.49 bits per heavy atom. The number of nitrogens with zero attached hydrogens (tertiary/aromatic N) is 2. The zero-order chi connectivity index (χ0) is 27.2. The molecule has 8 nitrogen and oxygen atoms in total. The van der Waals surface area contributed by atoms with Gasteiger partial charge in [0, 0.05) is 23.3 Å². The summed E-state index contributed by atoms with van der Waals surface area (Å²) in [7, 11) is 0. The number of hydrogen-bond donors (Lipinski definition) is 2. The number of hydrogen-bond acceptors (Lipinski definition) is 5. The van der Waals surface area contributed by atoms with Crippen LogP contribution in [0.2, 0.25) is 0 Å². The number of pyridine rings is 1. The maximum Gasteiger partial charge on any atom is 0.410 e. The first-order chi connectivity index (χ1) is 17.3. The lowest BCUT2D eigenvalue weighted by molar-refractivity contribution is 0.0210. The van der Waals surface area contributed by atoms with Crippen LogP contribution in [0.15, 0.2) is 16.9 Å². The van der Waals surface area contributed by atoms with Crippen LogP contribution in [0, 0.1) is 11.6 Å². The summed E-state index contributed by atoms with van der Waals surface area (Å²) in [6.07, 6.45) is 3.87. The molecule has 2 heterocycles. The molecule has 1 aliphatic carbocycles. The van der Waals surface area contributed by atoms with E-state index in [9.17, 15) is 29.0 Å². The van der Waals surface area contributed by atoms with Crippen LogP contribution < -0.4 is 5.43 Å². The predicted octanol–water partition coefficient (Wildman–Crippen LogP) is 4.65. The van der Waals surface area contributed by atoms with E-state index in [2.05, 4.69) is 0 Å². The van der Waals surface area contributed by atoms with E-state index in [1.165, 1.54) is 11.0 Å². The van der Waals surface area contributed by atoms with Crippen LogP contribution in [0.25, 0.3) is 17.0 Å². The number of carbonyl (C=O) groups is 2. The highest BCUT2D eigenvalue weighted by Crippen LogP contribution is 2.40. The highest BCUT2D eigenvalue weighted by molar-refractivity contribution is 5.97. The number of halogens is 2. The van der Waals surface area contributed by atoms with E-state index in [0.717, 1.165) is 18.9 Å². The first-order valence-electron chi connectivity index (χ1n) is 12.5. The van der Waals surface area contributed by atoms with Crippen LogP contribution in [0.3, 0.4) is 0 Å². The number of ether oxygens (including phenoxy) is 1. The molecular weight excluding hydrogens is 486 g/mol. The molecule has 2 fully saturated rings. The van der Waals surface area contributed by atoms with Gasteiger partial charge >= 0.3 is 12.1 Å². The molecule has 1 aliphatic heterocycles. The van der Waals surface area contributed by atoms with Crippen LogP contribution in [-0.4, -0.2) is 56.0 Å². The summed E-state index contributed by atoms with van der Waals surface area (Å²) in [5, 5.41) is 19.7. The van der Waals surface area contributed by atoms with E-state index < -0.39 is 52.4 Å². The number of β-amino-alcohol motifs (C(OH)–C–C–N with tert-alkyl or cyclic N) is 1. The Kier molecular flexibility index (Phi) is 7.16. The molecule has 1 saturated carbocycles. The SMILES string of the molecule is CCc1c(C(=O)O)c(=O)c2cc(F)c(F)c(C=CC[C@@H]3C[C@@H](O)CN3C(=O)OC(C)(C)C)c2n1C1CC1. The first kappa shape index (κ1) is 26.8. The van der Waals surface area contributed by atoms with Crippen LogP contribution >= 0.6 is 0 Å². The molecule has 2 aromatic rings. The molecule has 200 valence electrons. The summed E-state index contributed by atoms with van der Waals surface area (Å²) in [5.74, 6) is -3.79. The molecule has 0 unspecified atom stereocenters. The highest BCUT2D eigenvalue weighted by atomic mass is 19.2. The fraction of sp³-hybridized carbons (Fsp3) is 0.519. The van der Waals surface area contributed by atoms with Gasteiger partial charge in [-0.3, -0.25) is 4.79 Å². The molecule has 1 saturated heterocycles. The molecule has 2 atom stereocenters. The van der Waals surface area contributed by atoms with Crippen molar-refractivity contribution in [2.75, 3.05) is 6.54 Å². The largest absolute Gasteiger partial charge is 0.477 e. The molecule has 2 N–H and O–H groups in total. The molecule has 1 aromatic carbocycles. The minimum atomic E-state index is -1.40. The number of rotatable bonds is 6. The lowest BCUT2D eigenvalue weighted by Crippen LogP contribution is -2.40. The second-order valence-electron chi connectivity index (χ2n) is 10.7. The van der Waals surface area contributed by atoms with Gasteiger partial charge in [0.2, 0.25) is 5.43 Å². The van der Waals surface area contributed by atoms with Crippen molar-refractivity contribution in [3.8, 4) is 0 Å². The number of aromatic nitrogens is 1. The van der Waals surface area contributed by atoms with Gasteiger partial charge in [0.05, 0.1) is 23.6 Å². The number of aliphatic hydroxyl groups is 1. The normalized spacial score (nSPS) is 20.2. The van der Waals surface area contributed by atoms with E-state index in [-0.39, 0.29) is 47.6 Å². The third-order valence-corrected chi connectivity index (χ3v) is 6.69. The van der Waals surface area contributed by atoms with Crippen LogP contribution in [-0.2, 0) is 11.2 Å². The van der Waals surface area contributed by atoms with Gasteiger partial charge in [-0.2, -0.15) is 0 Å². The molecule has 37 heavy (non-hydrogen) atoms. The van der Waals surface area contributed by atoms with Crippen molar-refractivity contribution in [3.63, 3.8) is 0 Å². The Bertz CT molecular complexity index is 1340. The number of carboxylic acid groups (broad SMARTS) is 1. The van der Waals surface area contributed by atoms with Crippen molar-refractivity contribution in [1.82, 2.24) is 9.47 Å². The molecule has 1 aromatic heterocycles. The number of aliphatic hydroxyl groups excluding tert-OH is 1. The zero-order valence-electron chi connectivity index (χ0n) is 21.4. The van der Waals surface area contributed by atoms with Gasteiger partial charge in [-0.05, 0) is 58.9 Å². The monoisotopic (exact) mass is 518 g/mol. The third-order valence-electron chi connectivity index (χ3n) is 6.69. The molecule has 1 amide bonds. The fourth-order valence-corrected chi connectivity index (χ4v) is 5.05. The molecule has 0 radical (unpaired) electrons. The van der Waals surface area contributed by atoms with Crippen molar-refractivity contribution >= 4 is 29.0 Å². The number of amides is 1. The van der Waals surface area contributed by atoms with Gasteiger partial charge in [-0.15, -0.1) is 0 Å². The van der Waals surface area contributed by atoms with Crippen LogP contribution in [0.4, 0.5) is 13.6 Å². The fourth-order valence-electron chi connectivity index (χ4n) is 5.05. The van der Waals surface area contributed by atoms with E-state index in [1.54, 1.807) is 38.3 Å². The van der Waals surface area contributed by atoms with Gasteiger partial charge < -0.3 is 24.4 Å². The number of likely N-dealkylation sites (tertiary alicyclic amines) is 1. The van der Waals surface area contributed by atoms with Crippen molar-refractivity contribution < 1.29 is 33.3 Å². The summed E-state index contributed by atoms with van der Waals surface area (Å²) in [6, 6.07) is 0.243. The van der Waals surface area contributed by atoms with Gasteiger partial charge in [-0.25, -0.2) is 18.4 Å². The number of fused-ring (bicyclic) bond motifs is 1. The minimum Gasteiger partial charge on any atom is -0.477 e. The molecule has 0 bridgehead atoms. The van der Waals surface area contributed by atoms with E-state index >= 15 is 4.39 Å². The zero-order valence-corrected chi connectivity index (χ0v) is 21.4. The molecule has 2 aliphatic rings. The maximum atomic E-state index is 15.2. The molecular formula is C27H32F2N2O6. The highest BCUT2D eigenvalue weighted by Gasteiger charge is 2.36. The molecule has 0 spiro atoms. The van der Waals surface area contributed by atoms with Crippen molar-refractivity contribution in [3.05, 3.63) is 50.8 Å². The summed E-state index contributed by atoms with van der Waals surface area (Å²) >= 11 is 0. The van der Waals surface area contributed by atoms with Crippen molar-refractivity contribution in [1.29, 1.82) is 0 Å². The summed E-state index contributed by atoms with van der Waals surface area (Å²) in [4.78, 5) is 39.1. The minimum absolute atomic E-state index is 0.101. The Morgan fingerprint density at radius 2 is 1.92 bits per heavy atom. The second kappa shape index (κ2) is 9.89. The van der Waals surface area contributed by atoms with E-state index in [4.69, 9.17) is 4.74 Å². The topological polar surface area (TPSA) is 109 Å². The number of carbonyl (C=O) groups excluding carboxylic acids is 1.